The van der Waals surface area contributed by atoms with E-state index in [1.165, 1.54) is 25.9 Å². The van der Waals surface area contributed by atoms with Gasteiger partial charge in [0.1, 0.15) is 0 Å². The summed E-state index contributed by atoms with van der Waals surface area (Å²) in [6, 6.07) is 0. The van der Waals surface area contributed by atoms with Gasteiger partial charge in [-0.1, -0.05) is 34.1 Å². The van der Waals surface area contributed by atoms with Crippen molar-refractivity contribution >= 4 is 0 Å². The summed E-state index contributed by atoms with van der Waals surface area (Å²) >= 11 is 0. The van der Waals surface area contributed by atoms with Crippen LogP contribution in [0.3, 0.4) is 0 Å². The minimum Gasteiger partial charge on any atom is -0.316 e. The van der Waals surface area contributed by atoms with E-state index in [0.29, 0.717) is 0 Å². The molecular weight excluding hydrogens is 158 g/mol. The topological polar surface area (TPSA) is 12.0 Å². The van der Waals surface area contributed by atoms with E-state index in [4.69, 9.17) is 0 Å². The molecule has 0 aromatic carbocycles. The van der Waals surface area contributed by atoms with Crippen LogP contribution in [0.15, 0.2) is 0 Å². The molecule has 0 amide bonds. The summed E-state index contributed by atoms with van der Waals surface area (Å²) in [4.78, 5) is 0. The maximum absolute atomic E-state index is 3.54. The van der Waals surface area contributed by atoms with Gasteiger partial charge in [-0.3, -0.25) is 0 Å². The summed E-state index contributed by atoms with van der Waals surface area (Å²) in [6.07, 6.45) is 2.75. The highest BCUT2D eigenvalue weighted by molar-refractivity contribution is 4.79. The van der Waals surface area contributed by atoms with Gasteiger partial charge in [0, 0.05) is 0 Å². The van der Waals surface area contributed by atoms with E-state index in [9.17, 15) is 0 Å². The van der Waals surface area contributed by atoms with Gasteiger partial charge in [0.05, 0.1) is 0 Å². The highest BCUT2D eigenvalue weighted by atomic mass is 14.9. The third-order valence-electron chi connectivity index (χ3n) is 3.89. The third-order valence-corrected chi connectivity index (χ3v) is 3.89. The molecule has 1 aliphatic heterocycles. The number of hydrogen-bond donors (Lipinski definition) is 1. The molecule has 0 spiro atoms. The van der Waals surface area contributed by atoms with Crippen LogP contribution < -0.4 is 5.32 Å². The Morgan fingerprint density at radius 2 is 2.00 bits per heavy atom. The number of nitrogens with one attached hydrogen (secondary N) is 1. The van der Waals surface area contributed by atoms with Crippen LogP contribution in [0.2, 0.25) is 0 Å². The molecule has 1 saturated heterocycles. The van der Waals surface area contributed by atoms with Gasteiger partial charge in [0.15, 0.2) is 0 Å². The molecule has 78 valence electrons. The van der Waals surface area contributed by atoms with Crippen molar-refractivity contribution in [3.05, 3.63) is 0 Å². The summed E-state index contributed by atoms with van der Waals surface area (Å²) in [7, 11) is 0. The Hall–Kier alpha value is -0.0400. The van der Waals surface area contributed by atoms with Gasteiger partial charge >= 0.3 is 0 Å². The lowest BCUT2D eigenvalue weighted by atomic mass is 9.77. The second-order valence-corrected chi connectivity index (χ2v) is 5.00. The van der Waals surface area contributed by atoms with Gasteiger partial charge in [-0.2, -0.15) is 0 Å². The fraction of sp³-hybridized carbons (Fsp3) is 1.00. The van der Waals surface area contributed by atoms with E-state index in [-0.39, 0.29) is 0 Å². The van der Waals surface area contributed by atoms with Crippen LogP contribution in [0, 0.1) is 23.7 Å². The van der Waals surface area contributed by atoms with Crippen molar-refractivity contribution in [3.8, 4) is 0 Å². The van der Waals surface area contributed by atoms with E-state index < -0.39 is 0 Å². The SMILES string of the molecule is CCC(C)C(C)C1CNCC(C)C1. The van der Waals surface area contributed by atoms with Crippen molar-refractivity contribution in [2.75, 3.05) is 13.1 Å². The monoisotopic (exact) mass is 183 g/mol. The minimum atomic E-state index is 0.880. The molecule has 0 aromatic heterocycles. The van der Waals surface area contributed by atoms with Crippen molar-refractivity contribution in [1.82, 2.24) is 5.32 Å². The molecule has 0 saturated carbocycles. The van der Waals surface area contributed by atoms with E-state index >= 15 is 0 Å². The van der Waals surface area contributed by atoms with Crippen LogP contribution in [-0.4, -0.2) is 13.1 Å². The molecular formula is C12H25N. The van der Waals surface area contributed by atoms with E-state index in [0.717, 1.165) is 23.7 Å². The van der Waals surface area contributed by atoms with E-state index in [1.54, 1.807) is 0 Å². The summed E-state index contributed by atoms with van der Waals surface area (Å²) in [6.45, 7) is 12.0. The number of piperidine rings is 1. The van der Waals surface area contributed by atoms with Gasteiger partial charge < -0.3 is 5.32 Å². The predicted octanol–water partition coefficient (Wildman–Crippen LogP) is 2.91. The molecule has 1 nitrogen and oxygen atoms in total. The van der Waals surface area contributed by atoms with E-state index in [1.807, 2.05) is 0 Å². The second-order valence-electron chi connectivity index (χ2n) is 5.00. The highest BCUT2D eigenvalue weighted by Crippen LogP contribution is 2.29. The van der Waals surface area contributed by atoms with Crippen molar-refractivity contribution in [2.24, 2.45) is 23.7 Å². The largest absolute Gasteiger partial charge is 0.316 e. The number of hydrogen-bond acceptors (Lipinski definition) is 1. The fourth-order valence-electron chi connectivity index (χ4n) is 2.44. The van der Waals surface area contributed by atoms with E-state index in [2.05, 4.69) is 33.0 Å². The molecule has 1 fully saturated rings. The zero-order valence-electron chi connectivity index (χ0n) is 9.64. The lowest BCUT2D eigenvalue weighted by molar-refractivity contribution is 0.183. The van der Waals surface area contributed by atoms with Crippen LogP contribution in [0.5, 0.6) is 0 Å². The van der Waals surface area contributed by atoms with Crippen LogP contribution in [0.25, 0.3) is 0 Å². The maximum atomic E-state index is 3.54. The minimum absolute atomic E-state index is 0.880. The summed E-state index contributed by atoms with van der Waals surface area (Å²) in [5.74, 6) is 3.57. The predicted molar refractivity (Wildman–Crippen MR) is 58.8 cm³/mol. The van der Waals surface area contributed by atoms with Crippen molar-refractivity contribution in [3.63, 3.8) is 0 Å². The maximum Gasteiger partial charge on any atom is -0.00176 e. The lowest BCUT2D eigenvalue weighted by Crippen LogP contribution is -2.39. The Labute approximate surface area is 83.3 Å². The smallest absolute Gasteiger partial charge is 0.00176 e. The average Bonchev–Trinajstić information content (AvgIpc) is 2.15. The third kappa shape index (κ3) is 2.98. The lowest BCUT2D eigenvalue weighted by Gasteiger charge is -2.34. The Morgan fingerprint density at radius 1 is 1.31 bits per heavy atom. The average molecular weight is 183 g/mol. The highest BCUT2D eigenvalue weighted by Gasteiger charge is 2.26. The first-order valence-corrected chi connectivity index (χ1v) is 5.85. The number of rotatable bonds is 3. The molecule has 4 atom stereocenters. The van der Waals surface area contributed by atoms with Gasteiger partial charge in [-0.25, -0.2) is 0 Å². The normalized spacial score (nSPS) is 34.2. The molecule has 1 N–H and O–H groups in total. The van der Waals surface area contributed by atoms with Gasteiger partial charge in [-0.15, -0.1) is 0 Å². The summed E-state index contributed by atoms with van der Waals surface area (Å²) < 4.78 is 0. The standard InChI is InChI=1S/C12H25N/c1-5-10(3)11(4)12-6-9(2)7-13-8-12/h9-13H,5-8H2,1-4H3. The molecule has 0 bridgehead atoms. The zero-order chi connectivity index (χ0) is 9.84. The first kappa shape index (κ1) is 11.0. The zero-order valence-corrected chi connectivity index (χ0v) is 9.64. The van der Waals surface area contributed by atoms with Crippen LogP contribution in [0.1, 0.15) is 40.5 Å². The quantitative estimate of drug-likeness (QED) is 0.709. The Kier molecular flexibility index (Phi) is 4.24. The van der Waals surface area contributed by atoms with Crippen LogP contribution in [-0.2, 0) is 0 Å². The van der Waals surface area contributed by atoms with Crippen LogP contribution >= 0.6 is 0 Å². The molecule has 0 aromatic rings. The van der Waals surface area contributed by atoms with Crippen molar-refractivity contribution in [2.45, 2.75) is 40.5 Å². The van der Waals surface area contributed by atoms with Crippen molar-refractivity contribution in [1.29, 1.82) is 0 Å². The molecule has 1 heterocycles. The fourth-order valence-corrected chi connectivity index (χ4v) is 2.44. The van der Waals surface area contributed by atoms with Crippen molar-refractivity contribution < 1.29 is 0 Å². The molecule has 0 aliphatic carbocycles. The Morgan fingerprint density at radius 3 is 2.54 bits per heavy atom. The first-order valence-electron chi connectivity index (χ1n) is 5.85. The molecule has 13 heavy (non-hydrogen) atoms. The first-order chi connectivity index (χ1) is 6.15. The molecule has 1 rings (SSSR count). The molecule has 1 heteroatoms. The molecule has 1 aliphatic rings. The van der Waals surface area contributed by atoms with Gasteiger partial charge in [0.2, 0.25) is 0 Å². The van der Waals surface area contributed by atoms with Crippen LogP contribution in [0.4, 0.5) is 0 Å². The molecule has 4 unspecified atom stereocenters. The summed E-state index contributed by atoms with van der Waals surface area (Å²) in [5, 5.41) is 3.54. The van der Waals surface area contributed by atoms with Gasteiger partial charge in [-0.05, 0) is 43.2 Å². The molecule has 0 radical (unpaired) electrons. The second kappa shape index (κ2) is 4.99. The van der Waals surface area contributed by atoms with Gasteiger partial charge in [0.25, 0.3) is 0 Å². The Bertz CT molecular complexity index is 144. The Balaban J connectivity index is 2.41. The summed E-state index contributed by atoms with van der Waals surface area (Å²) in [5.41, 5.74) is 0.